The number of rotatable bonds is 6. The Bertz CT molecular complexity index is 457. The highest BCUT2D eigenvalue weighted by molar-refractivity contribution is 5.74. The molecule has 0 saturated carbocycles. The van der Waals surface area contributed by atoms with Crippen molar-refractivity contribution < 1.29 is 23.1 Å². The van der Waals surface area contributed by atoms with Gasteiger partial charge in [-0.3, -0.25) is 4.79 Å². The van der Waals surface area contributed by atoms with E-state index in [2.05, 4.69) is 11.9 Å². The Morgan fingerprint density at radius 1 is 1.47 bits per heavy atom. The molecule has 0 heterocycles. The highest BCUT2D eigenvalue weighted by Crippen LogP contribution is 2.29. The molecule has 3 nitrogen and oxygen atoms in total. The molecule has 1 unspecified atom stereocenters. The maximum atomic E-state index is 12.5. The monoisotopic (exact) mass is 273 g/mol. The molecule has 19 heavy (non-hydrogen) atoms. The topological polar surface area (TPSA) is 49.3 Å². The molecular weight excluding hydrogens is 259 g/mol. The molecule has 1 aromatic carbocycles. The van der Waals surface area contributed by atoms with Crippen molar-refractivity contribution in [2.24, 2.45) is 0 Å². The van der Waals surface area contributed by atoms with Gasteiger partial charge in [0.25, 0.3) is 0 Å². The third-order valence-corrected chi connectivity index (χ3v) is 2.50. The largest absolute Gasteiger partial charge is 0.480 e. The van der Waals surface area contributed by atoms with E-state index >= 15 is 0 Å². The van der Waals surface area contributed by atoms with E-state index < -0.39 is 23.8 Å². The molecule has 0 amide bonds. The van der Waals surface area contributed by atoms with Crippen molar-refractivity contribution in [1.82, 2.24) is 5.32 Å². The zero-order chi connectivity index (χ0) is 14.5. The number of halogens is 3. The Labute approximate surface area is 108 Å². The van der Waals surface area contributed by atoms with Crippen LogP contribution in [0.2, 0.25) is 0 Å². The molecule has 0 fully saturated rings. The lowest BCUT2D eigenvalue weighted by atomic mass is 10.0. The van der Waals surface area contributed by atoms with Gasteiger partial charge in [0.1, 0.15) is 6.04 Å². The lowest BCUT2D eigenvalue weighted by Gasteiger charge is -2.14. The highest BCUT2D eigenvalue weighted by Gasteiger charge is 2.30. The van der Waals surface area contributed by atoms with Crippen molar-refractivity contribution in [2.45, 2.75) is 18.6 Å². The number of alkyl halides is 3. The van der Waals surface area contributed by atoms with E-state index in [9.17, 15) is 18.0 Å². The summed E-state index contributed by atoms with van der Waals surface area (Å²) in [5.74, 6) is -1.11. The van der Waals surface area contributed by atoms with E-state index in [1.807, 2.05) is 0 Å². The first-order chi connectivity index (χ1) is 8.84. The van der Waals surface area contributed by atoms with Gasteiger partial charge >= 0.3 is 12.1 Å². The fourth-order valence-electron chi connectivity index (χ4n) is 1.58. The van der Waals surface area contributed by atoms with E-state index in [-0.39, 0.29) is 13.0 Å². The average molecular weight is 273 g/mol. The van der Waals surface area contributed by atoms with E-state index in [0.717, 1.165) is 12.1 Å². The minimum Gasteiger partial charge on any atom is -0.480 e. The van der Waals surface area contributed by atoms with Crippen molar-refractivity contribution in [3.05, 3.63) is 48.0 Å². The van der Waals surface area contributed by atoms with Gasteiger partial charge in [-0.25, -0.2) is 0 Å². The van der Waals surface area contributed by atoms with Crippen molar-refractivity contribution >= 4 is 5.97 Å². The summed E-state index contributed by atoms with van der Waals surface area (Å²) in [7, 11) is 0. The Kier molecular flexibility index (Phi) is 5.11. The van der Waals surface area contributed by atoms with Gasteiger partial charge in [0, 0.05) is 6.54 Å². The Balaban J connectivity index is 2.85. The first kappa shape index (κ1) is 15.2. The predicted octanol–water partition coefficient (Wildman–Crippen LogP) is 2.48. The van der Waals surface area contributed by atoms with Crippen LogP contribution in [0.25, 0.3) is 0 Å². The summed E-state index contributed by atoms with van der Waals surface area (Å²) in [6, 6.07) is 3.72. The number of carboxylic acid groups (broad SMARTS) is 1. The zero-order valence-electron chi connectivity index (χ0n) is 10.1. The molecule has 104 valence electrons. The predicted molar refractivity (Wildman–Crippen MR) is 64.8 cm³/mol. The molecular formula is C13H14F3NO2. The molecule has 1 rings (SSSR count). The second-order valence-corrected chi connectivity index (χ2v) is 3.99. The lowest BCUT2D eigenvalue weighted by Crippen LogP contribution is -2.38. The van der Waals surface area contributed by atoms with Crippen molar-refractivity contribution in [3.8, 4) is 0 Å². The van der Waals surface area contributed by atoms with E-state index in [1.165, 1.54) is 18.2 Å². The van der Waals surface area contributed by atoms with Crippen LogP contribution in [0.3, 0.4) is 0 Å². The smallest absolute Gasteiger partial charge is 0.416 e. The van der Waals surface area contributed by atoms with Gasteiger partial charge in [0.05, 0.1) is 5.56 Å². The molecule has 1 atom stereocenters. The summed E-state index contributed by atoms with van der Waals surface area (Å²) in [4.78, 5) is 11.0. The standard InChI is InChI=1S/C13H14F3NO2/c1-2-6-17-11(12(18)19)8-9-4-3-5-10(7-9)13(14,15)16/h2-5,7,11,17H,1,6,8H2,(H,18,19). The number of hydrogen-bond acceptors (Lipinski definition) is 2. The van der Waals surface area contributed by atoms with Gasteiger partial charge in [0.2, 0.25) is 0 Å². The maximum Gasteiger partial charge on any atom is 0.416 e. The first-order valence-corrected chi connectivity index (χ1v) is 5.58. The maximum absolute atomic E-state index is 12.5. The van der Waals surface area contributed by atoms with Crippen molar-refractivity contribution in [1.29, 1.82) is 0 Å². The van der Waals surface area contributed by atoms with Crippen LogP contribution in [0.4, 0.5) is 13.2 Å². The number of aliphatic carboxylic acids is 1. The van der Waals surface area contributed by atoms with E-state index in [4.69, 9.17) is 5.11 Å². The molecule has 1 aromatic rings. The Hall–Kier alpha value is -1.82. The van der Waals surface area contributed by atoms with Crippen LogP contribution < -0.4 is 5.32 Å². The lowest BCUT2D eigenvalue weighted by molar-refractivity contribution is -0.139. The van der Waals surface area contributed by atoms with Crippen LogP contribution in [0.5, 0.6) is 0 Å². The number of carbonyl (C=O) groups is 1. The minimum absolute atomic E-state index is 0.0207. The third kappa shape index (κ3) is 4.75. The SMILES string of the molecule is C=CCNC(Cc1cccc(C(F)(F)F)c1)C(=O)O. The van der Waals surface area contributed by atoms with Crippen LogP contribution in [-0.2, 0) is 17.4 Å². The normalized spacial score (nSPS) is 13.0. The molecule has 0 aromatic heterocycles. The van der Waals surface area contributed by atoms with Gasteiger partial charge in [0.15, 0.2) is 0 Å². The van der Waals surface area contributed by atoms with Gasteiger partial charge in [-0.2, -0.15) is 13.2 Å². The van der Waals surface area contributed by atoms with Gasteiger partial charge in [-0.15, -0.1) is 6.58 Å². The van der Waals surface area contributed by atoms with Crippen molar-refractivity contribution in [2.75, 3.05) is 6.54 Å². The molecule has 0 radical (unpaired) electrons. The molecule has 0 aliphatic heterocycles. The number of hydrogen-bond donors (Lipinski definition) is 2. The fourth-order valence-corrected chi connectivity index (χ4v) is 1.58. The molecule has 0 bridgehead atoms. The zero-order valence-corrected chi connectivity index (χ0v) is 10.1. The van der Waals surface area contributed by atoms with Gasteiger partial charge in [-0.1, -0.05) is 24.3 Å². The number of carboxylic acids is 1. The molecule has 0 spiro atoms. The summed E-state index contributed by atoms with van der Waals surface area (Å²) in [6.45, 7) is 3.71. The second-order valence-electron chi connectivity index (χ2n) is 3.99. The van der Waals surface area contributed by atoms with Crippen LogP contribution >= 0.6 is 0 Å². The minimum atomic E-state index is -4.43. The van der Waals surface area contributed by atoms with Gasteiger partial charge in [-0.05, 0) is 18.1 Å². The van der Waals surface area contributed by atoms with Crippen LogP contribution in [-0.4, -0.2) is 23.7 Å². The van der Waals surface area contributed by atoms with Crippen molar-refractivity contribution in [3.63, 3.8) is 0 Å². The Morgan fingerprint density at radius 2 is 2.16 bits per heavy atom. The fraction of sp³-hybridized carbons (Fsp3) is 0.308. The summed E-state index contributed by atoms with van der Waals surface area (Å²) in [6.07, 6.45) is -2.96. The molecule has 6 heteroatoms. The summed E-state index contributed by atoms with van der Waals surface area (Å²) >= 11 is 0. The quantitative estimate of drug-likeness (QED) is 0.783. The average Bonchev–Trinajstić information content (AvgIpc) is 2.33. The molecule has 2 N–H and O–H groups in total. The van der Waals surface area contributed by atoms with Crippen LogP contribution in [0.15, 0.2) is 36.9 Å². The molecule has 0 aliphatic rings. The van der Waals surface area contributed by atoms with E-state index in [0.29, 0.717) is 5.56 Å². The molecule has 0 saturated heterocycles. The van der Waals surface area contributed by atoms with Crippen LogP contribution in [0, 0.1) is 0 Å². The number of benzene rings is 1. The van der Waals surface area contributed by atoms with Crippen LogP contribution in [0.1, 0.15) is 11.1 Å². The summed E-state index contributed by atoms with van der Waals surface area (Å²) < 4.78 is 37.6. The summed E-state index contributed by atoms with van der Waals surface area (Å²) in [5.41, 5.74) is -0.461. The summed E-state index contributed by atoms with van der Waals surface area (Å²) in [5, 5.41) is 11.6. The second kappa shape index (κ2) is 6.38. The third-order valence-electron chi connectivity index (χ3n) is 2.50. The highest BCUT2D eigenvalue weighted by atomic mass is 19.4. The van der Waals surface area contributed by atoms with E-state index in [1.54, 1.807) is 0 Å². The number of nitrogens with one attached hydrogen (secondary N) is 1. The molecule has 0 aliphatic carbocycles. The van der Waals surface area contributed by atoms with Gasteiger partial charge < -0.3 is 10.4 Å². The first-order valence-electron chi connectivity index (χ1n) is 5.58. The Morgan fingerprint density at radius 3 is 2.68 bits per heavy atom.